The van der Waals surface area contributed by atoms with Crippen molar-refractivity contribution in [2.24, 2.45) is 11.8 Å². The number of aliphatic carboxylic acids is 1. The van der Waals surface area contributed by atoms with Crippen LogP contribution in [0.4, 0.5) is 4.79 Å². The van der Waals surface area contributed by atoms with E-state index in [0.717, 1.165) is 23.0 Å². The van der Waals surface area contributed by atoms with E-state index in [0.29, 0.717) is 12.8 Å². The van der Waals surface area contributed by atoms with E-state index < -0.39 is 95.8 Å². The van der Waals surface area contributed by atoms with E-state index >= 15 is 0 Å². The number of hydrogen-bond acceptors (Lipinski definition) is 10. The van der Waals surface area contributed by atoms with Crippen LogP contribution in [-0.2, 0) is 51.1 Å². The Morgan fingerprint density at radius 2 is 1.45 bits per heavy atom. The lowest BCUT2D eigenvalue weighted by Crippen LogP contribution is -2.61. The Morgan fingerprint density at radius 3 is 2.05 bits per heavy atom. The highest BCUT2D eigenvalue weighted by molar-refractivity contribution is 5.96. The Kier molecular flexibility index (Phi) is 19.7. The number of hydrogen-bond donors (Lipinski definition) is 7. The molecule has 7 atom stereocenters. The summed E-state index contributed by atoms with van der Waals surface area (Å²) in [5.41, 5.74) is 1.60. The number of carbonyl (C=O) groups excluding carboxylic acids is 7. The van der Waals surface area contributed by atoms with Crippen LogP contribution < -0.4 is 26.6 Å². The SMILES string of the molecule is CCC(C)C(NC(=O)NC1CCCCNC(=O)C(OC(C)=O)N(C)C(=O)C(CCc2ccc(O)cc2)N(C)C(=O)C(CCc2ccccc2)NC(=O)C(C(C)C)NC1=O)C(=O)O. The Labute approximate surface area is 362 Å². The van der Waals surface area contributed by atoms with Gasteiger partial charge in [-0.15, -0.1) is 0 Å². The average Bonchev–Trinajstić information content (AvgIpc) is 3.23. The molecule has 0 aromatic heterocycles. The van der Waals surface area contributed by atoms with Crippen LogP contribution in [0.3, 0.4) is 0 Å². The minimum Gasteiger partial charge on any atom is -0.508 e. The number of phenols is 1. The van der Waals surface area contributed by atoms with E-state index in [9.17, 15) is 48.6 Å². The van der Waals surface area contributed by atoms with Crippen LogP contribution in [0.25, 0.3) is 0 Å². The predicted octanol–water partition coefficient (Wildman–Crippen LogP) is 2.23. The summed E-state index contributed by atoms with van der Waals surface area (Å²) in [6.45, 7) is 7.91. The molecule has 1 heterocycles. The molecule has 0 radical (unpaired) electrons. The third-order valence-electron chi connectivity index (χ3n) is 11.0. The molecule has 0 spiro atoms. The summed E-state index contributed by atoms with van der Waals surface area (Å²) in [6.07, 6.45) is -0.117. The molecule has 0 saturated carbocycles. The zero-order valence-electron chi connectivity index (χ0n) is 36.6. The van der Waals surface area contributed by atoms with Crippen LogP contribution in [0.1, 0.15) is 84.3 Å². The Bertz CT molecular complexity index is 1860. The number of aromatic hydroxyl groups is 1. The van der Waals surface area contributed by atoms with Crippen molar-refractivity contribution < 1.29 is 53.3 Å². The number of ether oxygens (including phenoxy) is 1. The second-order valence-electron chi connectivity index (χ2n) is 16.1. The molecule has 7 amide bonds. The molecular formula is C44H63N7O11. The summed E-state index contributed by atoms with van der Waals surface area (Å²) in [6, 6.07) is 8.42. The van der Waals surface area contributed by atoms with Gasteiger partial charge in [-0.3, -0.25) is 28.8 Å². The number of carboxylic acid groups (broad SMARTS) is 1. The van der Waals surface area contributed by atoms with Crippen LogP contribution in [0, 0.1) is 11.8 Å². The molecule has 2 aromatic carbocycles. The van der Waals surface area contributed by atoms with Gasteiger partial charge in [-0.2, -0.15) is 0 Å². The normalized spacial score (nSPS) is 22.2. The van der Waals surface area contributed by atoms with Gasteiger partial charge in [0.15, 0.2) is 0 Å². The number of carbonyl (C=O) groups is 8. The number of amides is 7. The van der Waals surface area contributed by atoms with Crippen molar-refractivity contribution in [1.29, 1.82) is 0 Å². The summed E-state index contributed by atoms with van der Waals surface area (Å²) in [7, 11) is 2.68. The second kappa shape index (κ2) is 24.3. The molecule has 340 valence electrons. The highest BCUT2D eigenvalue weighted by Gasteiger charge is 2.39. The van der Waals surface area contributed by atoms with Crippen molar-refractivity contribution in [3.8, 4) is 5.75 Å². The summed E-state index contributed by atoms with van der Waals surface area (Å²) >= 11 is 0. The maximum atomic E-state index is 14.7. The van der Waals surface area contributed by atoms with Gasteiger partial charge in [0.25, 0.3) is 12.1 Å². The predicted molar refractivity (Wildman–Crippen MR) is 228 cm³/mol. The lowest BCUT2D eigenvalue weighted by Gasteiger charge is -2.35. The lowest BCUT2D eigenvalue weighted by atomic mass is 9.98. The molecule has 0 bridgehead atoms. The third kappa shape index (κ3) is 15.1. The summed E-state index contributed by atoms with van der Waals surface area (Å²) in [5, 5.41) is 32.8. The van der Waals surface area contributed by atoms with Crippen LogP contribution in [0.5, 0.6) is 5.75 Å². The smallest absolute Gasteiger partial charge is 0.326 e. The molecule has 7 unspecified atom stereocenters. The highest BCUT2D eigenvalue weighted by Crippen LogP contribution is 2.19. The first-order valence-electron chi connectivity index (χ1n) is 21.0. The summed E-state index contributed by atoms with van der Waals surface area (Å²) in [5.74, 6) is -6.69. The van der Waals surface area contributed by atoms with Crippen molar-refractivity contribution in [2.75, 3.05) is 20.6 Å². The fraction of sp³-hybridized carbons (Fsp3) is 0.545. The second-order valence-corrected chi connectivity index (χ2v) is 16.1. The van der Waals surface area contributed by atoms with Crippen molar-refractivity contribution >= 4 is 47.5 Å². The largest absolute Gasteiger partial charge is 0.508 e. The van der Waals surface area contributed by atoms with Crippen LogP contribution in [0.2, 0.25) is 0 Å². The van der Waals surface area contributed by atoms with Crippen molar-refractivity contribution in [3.05, 3.63) is 65.7 Å². The first-order chi connectivity index (χ1) is 29.3. The van der Waals surface area contributed by atoms with Crippen molar-refractivity contribution in [2.45, 2.75) is 122 Å². The van der Waals surface area contributed by atoms with Gasteiger partial charge in [0.2, 0.25) is 23.6 Å². The van der Waals surface area contributed by atoms with E-state index in [4.69, 9.17) is 4.74 Å². The topological polar surface area (TPSA) is 253 Å². The molecule has 2 aromatic rings. The molecule has 18 heteroatoms. The van der Waals surface area contributed by atoms with Gasteiger partial charge in [-0.25, -0.2) is 9.59 Å². The Balaban J connectivity index is 2.09. The number of nitrogens with one attached hydrogen (secondary N) is 5. The Morgan fingerprint density at radius 1 is 0.823 bits per heavy atom. The zero-order valence-corrected chi connectivity index (χ0v) is 36.6. The molecule has 1 aliphatic rings. The van der Waals surface area contributed by atoms with Crippen LogP contribution in [0.15, 0.2) is 54.6 Å². The number of aryl methyl sites for hydroxylation is 2. The third-order valence-corrected chi connectivity index (χ3v) is 11.0. The standard InChI is InChI=1S/C44H63N7O11/c1-8-27(4)36(43(59)60)49-44(61)47-32-16-12-13-25-45-39(56)42(62-28(5)52)51(7)41(58)34(24-20-30-17-21-31(53)22-18-30)50(6)40(57)33(23-19-29-14-10-9-11-15-29)46-38(55)35(26(2)3)48-37(32)54/h9-11,14-15,17-18,21-22,26-27,32-36,42,53H,8,12-13,16,19-20,23-25H2,1-7H3,(H,45,56)(H,46,55)(H,48,54)(H,59,60)(H2,47,49,61). The van der Waals surface area contributed by atoms with Gasteiger partial charge in [0.05, 0.1) is 0 Å². The Hall–Kier alpha value is -6.20. The number of carboxylic acids is 1. The fourth-order valence-electron chi connectivity index (χ4n) is 6.99. The molecule has 7 N–H and O–H groups in total. The molecule has 1 saturated heterocycles. The number of phenolic OH excluding ortho intramolecular Hbond substituents is 1. The molecule has 1 fully saturated rings. The zero-order chi connectivity index (χ0) is 46.1. The maximum Gasteiger partial charge on any atom is 0.326 e. The molecule has 0 aliphatic carbocycles. The quantitative estimate of drug-likeness (QED) is 0.144. The molecule has 18 nitrogen and oxygen atoms in total. The van der Waals surface area contributed by atoms with Crippen molar-refractivity contribution in [1.82, 2.24) is 36.4 Å². The molecule has 3 rings (SSSR count). The highest BCUT2D eigenvalue weighted by atomic mass is 16.6. The average molecular weight is 866 g/mol. The minimum absolute atomic E-state index is 0.0000827. The van der Waals surface area contributed by atoms with E-state index in [1.807, 2.05) is 30.3 Å². The van der Waals surface area contributed by atoms with Gasteiger partial charge in [-0.1, -0.05) is 76.6 Å². The van der Waals surface area contributed by atoms with Crippen LogP contribution in [-0.4, -0.2) is 125 Å². The van der Waals surface area contributed by atoms with E-state index in [1.165, 1.54) is 31.1 Å². The van der Waals surface area contributed by atoms with E-state index in [-0.39, 0.29) is 50.8 Å². The molecule has 62 heavy (non-hydrogen) atoms. The monoisotopic (exact) mass is 865 g/mol. The maximum absolute atomic E-state index is 14.7. The van der Waals surface area contributed by atoms with Gasteiger partial charge < -0.3 is 51.3 Å². The number of urea groups is 1. The van der Waals surface area contributed by atoms with Crippen LogP contribution >= 0.6 is 0 Å². The summed E-state index contributed by atoms with van der Waals surface area (Å²) < 4.78 is 5.35. The fourth-order valence-corrected chi connectivity index (χ4v) is 6.99. The van der Waals surface area contributed by atoms with Gasteiger partial charge in [0.1, 0.15) is 36.0 Å². The van der Waals surface area contributed by atoms with E-state index in [1.54, 1.807) is 39.8 Å². The van der Waals surface area contributed by atoms with Gasteiger partial charge in [0, 0.05) is 27.6 Å². The number of likely N-dealkylation sites (N-methyl/N-ethyl adjacent to an activating group) is 2. The first-order valence-corrected chi connectivity index (χ1v) is 21.0. The number of nitrogens with zero attached hydrogens (tertiary/aromatic N) is 2. The van der Waals surface area contributed by atoms with Gasteiger partial charge in [-0.05, 0) is 80.0 Å². The van der Waals surface area contributed by atoms with Crippen molar-refractivity contribution in [3.63, 3.8) is 0 Å². The minimum atomic E-state index is -1.74. The summed E-state index contributed by atoms with van der Waals surface area (Å²) in [4.78, 5) is 111. The first kappa shape index (κ1) is 50.2. The van der Waals surface area contributed by atoms with Gasteiger partial charge >= 0.3 is 18.0 Å². The van der Waals surface area contributed by atoms with E-state index in [2.05, 4.69) is 26.6 Å². The molecular weight excluding hydrogens is 803 g/mol. The number of esters is 1. The number of benzene rings is 2. The lowest BCUT2D eigenvalue weighted by molar-refractivity contribution is -0.171. The molecule has 1 aliphatic heterocycles. The number of rotatable bonds is 13.